The SMILES string of the molecule is N#Cc1ccc(CNc2cnc3ccccc3c2)s1. The average Bonchev–Trinajstić information content (AvgIpc) is 2.93. The van der Waals surface area contributed by atoms with E-state index in [4.69, 9.17) is 5.26 Å². The fraction of sp³-hybridized carbons (Fsp3) is 0.0667. The number of rotatable bonds is 3. The van der Waals surface area contributed by atoms with E-state index in [0.717, 1.165) is 26.3 Å². The lowest BCUT2D eigenvalue weighted by Crippen LogP contribution is -1.97. The van der Waals surface area contributed by atoms with Gasteiger partial charge in [-0.1, -0.05) is 18.2 Å². The molecule has 0 aliphatic carbocycles. The molecule has 2 heterocycles. The van der Waals surface area contributed by atoms with Gasteiger partial charge in [-0.15, -0.1) is 11.3 Å². The first-order valence-corrected chi connectivity index (χ1v) is 6.74. The summed E-state index contributed by atoms with van der Waals surface area (Å²) in [5, 5.41) is 13.2. The van der Waals surface area contributed by atoms with Crippen molar-refractivity contribution in [1.82, 2.24) is 4.98 Å². The minimum Gasteiger partial charge on any atom is -0.379 e. The Hall–Kier alpha value is -2.38. The maximum atomic E-state index is 8.78. The molecule has 0 radical (unpaired) electrons. The number of para-hydroxylation sites is 1. The van der Waals surface area contributed by atoms with E-state index in [9.17, 15) is 0 Å². The molecule has 0 aliphatic rings. The number of hydrogen-bond acceptors (Lipinski definition) is 4. The number of thiophene rings is 1. The van der Waals surface area contributed by atoms with Gasteiger partial charge in [0.05, 0.1) is 17.4 Å². The van der Waals surface area contributed by atoms with Crippen LogP contribution in [0.2, 0.25) is 0 Å². The quantitative estimate of drug-likeness (QED) is 0.784. The Bertz CT molecular complexity index is 755. The van der Waals surface area contributed by atoms with Crippen LogP contribution >= 0.6 is 11.3 Å². The van der Waals surface area contributed by atoms with Crippen molar-refractivity contribution < 1.29 is 0 Å². The topological polar surface area (TPSA) is 48.7 Å². The lowest BCUT2D eigenvalue weighted by Gasteiger charge is -2.05. The molecule has 0 unspecified atom stereocenters. The van der Waals surface area contributed by atoms with E-state index in [-0.39, 0.29) is 0 Å². The summed E-state index contributed by atoms with van der Waals surface area (Å²) >= 11 is 1.51. The third-order valence-electron chi connectivity index (χ3n) is 2.83. The van der Waals surface area contributed by atoms with Crippen LogP contribution in [0.25, 0.3) is 10.9 Å². The van der Waals surface area contributed by atoms with E-state index in [1.165, 1.54) is 11.3 Å². The van der Waals surface area contributed by atoms with E-state index < -0.39 is 0 Å². The van der Waals surface area contributed by atoms with Crippen LogP contribution in [0.3, 0.4) is 0 Å². The molecule has 0 fully saturated rings. The zero-order valence-electron chi connectivity index (χ0n) is 10.1. The number of anilines is 1. The molecule has 0 spiro atoms. The maximum Gasteiger partial charge on any atom is 0.110 e. The standard InChI is InChI=1S/C15H11N3S/c16-8-13-5-6-14(19-13)10-17-12-7-11-3-1-2-4-15(11)18-9-12/h1-7,9,17H,10H2. The second-order valence-corrected chi connectivity index (χ2v) is 5.32. The summed E-state index contributed by atoms with van der Waals surface area (Å²) in [6.07, 6.45) is 1.83. The number of fused-ring (bicyclic) bond motifs is 1. The van der Waals surface area contributed by atoms with E-state index in [1.807, 2.05) is 42.6 Å². The predicted molar refractivity (Wildman–Crippen MR) is 78.1 cm³/mol. The largest absolute Gasteiger partial charge is 0.379 e. The number of nitriles is 1. The van der Waals surface area contributed by atoms with Crippen molar-refractivity contribution in [3.05, 3.63) is 58.4 Å². The lowest BCUT2D eigenvalue weighted by molar-refractivity contribution is 1.18. The summed E-state index contributed by atoms with van der Waals surface area (Å²) in [5.41, 5.74) is 1.99. The maximum absolute atomic E-state index is 8.78. The summed E-state index contributed by atoms with van der Waals surface area (Å²) in [5.74, 6) is 0. The Labute approximate surface area is 115 Å². The van der Waals surface area contributed by atoms with Gasteiger partial charge in [-0.05, 0) is 24.3 Å². The van der Waals surface area contributed by atoms with Crippen LogP contribution in [-0.2, 0) is 6.54 Å². The Morgan fingerprint density at radius 1 is 1.21 bits per heavy atom. The van der Waals surface area contributed by atoms with Crippen molar-refractivity contribution in [3.8, 4) is 6.07 Å². The van der Waals surface area contributed by atoms with E-state index in [0.29, 0.717) is 6.54 Å². The Balaban J connectivity index is 1.76. The average molecular weight is 265 g/mol. The van der Waals surface area contributed by atoms with E-state index in [1.54, 1.807) is 0 Å². The van der Waals surface area contributed by atoms with Gasteiger partial charge in [-0.25, -0.2) is 0 Å². The molecule has 3 rings (SSSR count). The molecule has 3 nitrogen and oxygen atoms in total. The van der Waals surface area contributed by atoms with Gasteiger partial charge in [0, 0.05) is 16.8 Å². The second-order valence-electron chi connectivity index (χ2n) is 4.15. The third-order valence-corrected chi connectivity index (χ3v) is 3.82. The zero-order chi connectivity index (χ0) is 13.1. The molecule has 4 heteroatoms. The van der Waals surface area contributed by atoms with E-state index in [2.05, 4.69) is 22.4 Å². The van der Waals surface area contributed by atoms with Gasteiger partial charge in [0.15, 0.2) is 0 Å². The summed E-state index contributed by atoms with van der Waals surface area (Å²) in [6.45, 7) is 0.715. The summed E-state index contributed by atoms with van der Waals surface area (Å²) < 4.78 is 0. The summed E-state index contributed by atoms with van der Waals surface area (Å²) in [4.78, 5) is 6.29. The fourth-order valence-corrected chi connectivity index (χ4v) is 2.63. The van der Waals surface area contributed by atoms with Crippen molar-refractivity contribution in [2.24, 2.45) is 0 Å². The molecule has 1 aromatic carbocycles. The normalized spacial score (nSPS) is 10.3. The van der Waals surface area contributed by atoms with Crippen molar-refractivity contribution in [2.45, 2.75) is 6.54 Å². The summed E-state index contributed by atoms with van der Waals surface area (Å²) in [6, 6.07) is 16.1. The molecule has 0 amide bonds. The van der Waals surface area contributed by atoms with Crippen molar-refractivity contribution in [2.75, 3.05) is 5.32 Å². The second kappa shape index (κ2) is 5.09. The van der Waals surface area contributed by atoms with Crippen LogP contribution in [0.1, 0.15) is 9.75 Å². The van der Waals surface area contributed by atoms with Crippen LogP contribution in [-0.4, -0.2) is 4.98 Å². The molecule has 0 saturated carbocycles. The Morgan fingerprint density at radius 2 is 2.11 bits per heavy atom. The minimum absolute atomic E-state index is 0.715. The molecule has 0 bridgehead atoms. The highest BCUT2D eigenvalue weighted by Gasteiger charge is 2.00. The van der Waals surface area contributed by atoms with Gasteiger partial charge < -0.3 is 5.32 Å². The number of pyridine rings is 1. The first-order valence-electron chi connectivity index (χ1n) is 5.92. The molecule has 92 valence electrons. The van der Waals surface area contributed by atoms with Crippen molar-refractivity contribution in [1.29, 1.82) is 5.26 Å². The van der Waals surface area contributed by atoms with Crippen molar-refractivity contribution >= 4 is 27.9 Å². The van der Waals surface area contributed by atoms with Crippen LogP contribution < -0.4 is 5.32 Å². The van der Waals surface area contributed by atoms with Crippen LogP contribution in [0, 0.1) is 11.3 Å². The molecule has 1 N–H and O–H groups in total. The highest BCUT2D eigenvalue weighted by Crippen LogP contribution is 2.19. The van der Waals surface area contributed by atoms with E-state index >= 15 is 0 Å². The molecule has 3 aromatic rings. The highest BCUT2D eigenvalue weighted by molar-refractivity contribution is 7.12. The Kier molecular flexibility index (Phi) is 3.13. The molecule has 0 aliphatic heterocycles. The predicted octanol–water partition coefficient (Wildman–Crippen LogP) is 3.78. The van der Waals surface area contributed by atoms with Crippen LogP contribution in [0.5, 0.6) is 0 Å². The smallest absolute Gasteiger partial charge is 0.110 e. The van der Waals surface area contributed by atoms with Gasteiger partial charge in [0.1, 0.15) is 10.9 Å². The monoisotopic (exact) mass is 265 g/mol. The van der Waals surface area contributed by atoms with Gasteiger partial charge in [0.2, 0.25) is 0 Å². The first kappa shape index (κ1) is 11.7. The lowest BCUT2D eigenvalue weighted by atomic mass is 10.2. The van der Waals surface area contributed by atoms with Gasteiger partial charge in [-0.2, -0.15) is 5.26 Å². The van der Waals surface area contributed by atoms with Gasteiger partial charge >= 0.3 is 0 Å². The van der Waals surface area contributed by atoms with Crippen LogP contribution in [0.4, 0.5) is 5.69 Å². The molecular formula is C15H11N3S. The Morgan fingerprint density at radius 3 is 2.95 bits per heavy atom. The molecule has 19 heavy (non-hydrogen) atoms. The zero-order valence-corrected chi connectivity index (χ0v) is 10.9. The summed E-state index contributed by atoms with van der Waals surface area (Å²) in [7, 11) is 0. The van der Waals surface area contributed by atoms with Crippen LogP contribution in [0.15, 0.2) is 48.7 Å². The van der Waals surface area contributed by atoms with Gasteiger partial charge in [0.25, 0.3) is 0 Å². The number of nitrogens with one attached hydrogen (secondary N) is 1. The first-order chi connectivity index (χ1) is 9.35. The van der Waals surface area contributed by atoms with Crippen molar-refractivity contribution in [3.63, 3.8) is 0 Å². The number of nitrogens with zero attached hydrogens (tertiary/aromatic N) is 2. The third kappa shape index (κ3) is 2.56. The number of aromatic nitrogens is 1. The minimum atomic E-state index is 0.715. The molecule has 0 atom stereocenters. The molecule has 0 saturated heterocycles. The van der Waals surface area contributed by atoms with Gasteiger partial charge in [-0.3, -0.25) is 4.98 Å². The number of hydrogen-bond donors (Lipinski definition) is 1. The number of benzene rings is 1. The molecule has 2 aromatic heterocycles. The highest BCUT2D eigenvalue weighted by atomic mass is 32.1. The molecular weight excluding hydrogens is 254 g/mol. The fourth-order valence-electron chi connectivity index (χ4n) is 1.89.